The lowest BCUT2D eigenvalue weighted by molar-refractivity contribution is -0.123. The zero-order chi connectivity index (χ0) is 16.9. The van der Waals surface area contributed by atoms with Crippen molar-refractivity contribution >= 4 is 11.7 Å². The van der Waals surface area contributed by atoms with Gasteiger partial charge in [-0.15, -0.1) is 0 Å². The molecular formula is C18H19N5O. The Morgan fingerprint density at radius 1 is 1.12 bits per heavy atom. The highest BCUT2D eigenvalue weighted by Gasteiger charge is 2.29. The summed E-state index contributed by atoms with van der Waals surface area (Å²) in [7, 11) is 0. The molecule has 1 fully saturated rings. The van der Waals surface area contributed by atoms with E-state index in [0.717, 1.165) is 5.56 Å². The van der Waals surface area contributed by atoms with E-state index in [1.54, 1.807) is 18.3 Å². The number of carbonyl (C=O) groups is 1. The van der Waals surface area contributed by atoms with Gasteiger partial charge < -0.3 is 10.6 Å². The molecule has 3 rings (SSSR count). The van der Waals surface area contributed by atoms with Crippen LogP contribution in [0.2, 0.25) is 0 Å². The molecule has 1 amide bonds. The molecule has 0 saturated carbocycles. The number of hydrogen-bond acceptors (Lipinski definition) is 5. The summed E-state index contributed by atoms with van der Waals surface area (Å²) < 4.78 is 0. The number of carbonyl (C=O) groups excluding carboxylic acids is 1. The zero-order valence-electron chi connectivity index (χ0n) is 13.3. The molecule has 1 saturated heterocycles. The van der Waals surface area contributed by atoms with Crippen LogP contribution in [0.3, 0.4) is 0 Å². The van der Waals surface area contributed by atoms with Gasteiger partial charge in [-0.25, -0.2) is 4.98 Å². The molecule has 1 atom stereocenters. The molecule has 2 aromatic rings. The fraction of sp³-hybridized carbons (Fsp3) is 0.278. The number of anilines is 1. The van der Waals surface area contributed by atoms with Crippen LogP contribution in [0.1, 0.15) is 17.2 Å². The summed E-state index contributed by atoms with van der Waals surface area (Å²) in [6, 6.07) is 14.9. The Bertz CT molecular complexity index is 748. The van der Waals surface area contributed by atoms with Crippen molar-refractivity contribution < 1.29 is 4.79 Å². The molecule has 2 heterocycles. The van der Waals surface area contributed by atoms with Crippen molar-refractivity contribution in [3.8, 4) is 6.07 Å². The predicted octanol–water partition coefficient (Wildman–Crippen LogP) is 1.30. The Morgan fingerprint density at radius 3 is 2.46 bits per heavy atom. The Balaban J connectivity index is 1.74. The van der Waals surface area contributed by atoms with Crippen LogP contribution in [0.4, 0.5) is 5.82 Å². The summed E-state index contributed by atoms with van der Waals surface area (Å²) in [4.78, 5) is 20.5. The van der Waals surface area contributed by atoms with Gasteiger partial charge in [0.25, 0.3) is 0 Å². The number of nitriles is 1. The number of nitrogens with zero attached hydrogens (tertiary/aromatic N) is 4. The second-order valence-electron chi connectivity index (χ2n) is 5.72. The van der Waals surface area contributed by atoms with E-state index in [0.29, 0.717) is 37.6 Å². The van der Waals surface area contributed by atoms with Gasteiger partial charge >= 0.3 is 0 Å². The smallest absolute Gasteiger partial charge is 0.239 e. The lowest BCUT2D eigenvalue weighted by atomic mass is 10.0. The topological polar surface area (TPSA) is 86.2 Å². The molecule has 2 N–H and O–H groups in total. The minimum absolute atomic E-state index is 0.342. The zero-order valence-corrected chi connectivity index (χ0v) is 13.3. The molecule has 1 aliphatic heterocycles. The average Bonchev–Trinajstić information content (AvgIpc) is 2.63. The maximum atomic E-state index is 12.0. The lowest BCUT2D eigenvalue weighted by Gasteiger charge is -2.38. The largest absolute Gasteiger partial charge is 0.368 e. The lowest BCUT2D eigenvalue weighted by Crippen LogP contribution is -2.50. The molecular weight excluding hydrogens is 302 g/mol. The van der Waals surface area contributed by atoms with Crippen LogP contribution in [0.15, 0.2) is 48.7 Å². The van der Waals surface area contributed by atoms with Gasteiger partial charge in [0.15, 0.2) is 0 Å². The predicted molar refractivity (Wildman–Crippen MR) is 91.1 cm³/mol. The summed E-state index contributed by atoms with van der Waals surface area (Å²) in [5, 5.41) is 9.22. The fourth-order valence-electron chi connectivity index (χ4n) is 3.12. The number of piperazine rings is 1. The molecule has 0 aliphatic carbocycles. The standard InChI is InChI=1S/C18H19N5O/c19-13-15-7-4-8-21-18(15)23-11-9-22(10-12-23)16(17(20)24)14-5-2-1-3-6-14/h1-8,16H,9-12H2,(H2,20,24). The minimum Gasteiger partial charge on any atom is -0.368 e. The van der Waals surface area contributed by atoms with Gasteiger partial charge in [-0.05, 0) is 17.7 Å². The van der Waals surface area contributed by atoms with Crippen molar-refractivity contribution in [1.29, 1.82) is 5.26 Å². The molecule has 0 bridgehead atoms. The molecule has 1 aliphatic rings. The van der Waals surface area contributed by atoms with Gasteiger partial charge in [-0.2, -0.15) is 5.26 Å². The summed E-state index contributed by atoms with van der Waals surface area (Å²) in [5.74, 6) is 0.361. The summed E-state index contributed by atoms with van der Waals surface area (Å²) in [6.45, 7) is 2.76. The van der Waals surface area contributed by atoms with Crippen LogP contribution in [-0.2, 0) is 4.79 Å². The van der Waals surface area contributed by atoms with E-state index in [4.69, 9.17) is 5.73 Å². The second-order valence-corrected chi connectivity index (χ2v) is 5.72. The first-order chi connectivity index (χ1) is 11.7. The molecule has 1 aromatic carbocycles. The number of rotatable bonds is 4. The van der Waals surface area contributed by atoms with Crippen LogP contribution in [0.25, 0.3) is 0 Å². The van der Waals surface area contributed by atoms with E-state index < -0.39 is 6.04 Å². The SMILES string of the molecule is N#Cc1cccnc1N1CCN(C(C(N)=O)c2ccccc2)CC1. The molecule has 0 radical (unpaired) electrons. The van der Waals surface area contributed by atoms with E-state index in [1.807, 2.05) is 30.3 Å². The summed E-state index contributed by atoms with van der Waals surface area (Å²) in [5.41, 5.74) is 7.12. The number of primary amides is 1. The Hall–Kier alpha value is -2.91. The first-order valence-corrected chi connectivity index (χ1v) is 7.89. The minimum atomic E-state index is -0.424. The fourth-order valence-corrected chi connectivity index (χ4v) is 3.12. The number of pyridine rings is 1. The quantitative estimate of drug-likeness (QED) is 0.917. The van der Waals surface area contributed by atoms with Crippen molar-refractivity contribution in [3.05, 3.63) is 59.8 Å². The third-order valence-electron chi connectivity index (χ3n) is 4.27. The highest BCUT2D eigenvalue weighted by molar-refractivity contribution is 5.81. The summed E-state index contributed by atoms with van der Waals surface area (Å²) >= 11 is 0. The van der Waals surface area contributed by atoms with E-state index in [1.165, 1.54) is 0 Å². The number of nitrogens with two attached hydrogens (primary N) is 1. The van der Waals surface area contributed by atoms with Crippen molar-refractivity contribution in [3.63, 3.8) is 0 Å². The first kappa shape index (κ1) is 16.0. The molecule has 6 heteroatoms. The van der Waals surface area contributed by atoms with Gasteiger partial charge in [0.2, 0.25) is 5.91 Å². The van der Waals surface area contributed by atoms with E-state index in [9.17, 15) is 10.1 Å². The third kappa shape index (κ3) is 3.21. The molecule has 1 unspecified atom stereocenters. The maximum absolute atomic E-state index is 12.0. The third-order valence-corrected chi connectivity index (χ3v) is 4.27. The second kappa shape index (κ2) is 7.11. The molecule has 6 nitrogen and oxygen atoms in total. The van der Waals surface area contributed by atoms with Crippen molar-refractivity contribution in [1.82, 2.24) is 9.88 Å². The van der Waals surface area contributed by atoms with Crippen LogP contribution in [0.5, 0.6) is 0 Å². The van der Waals surface area contributed by atoms with Crippen molar-refractivity contribution in [2.45, 2.75) is 6.04 Å². The van der Waals surface area contributed by atoms with Crippen LogP contribution < -0.4 is 10.6 Å². The van der Waals surface area contributed by atoms with Crippen LogP contribution in [0, 0.1) is 11.3 Å². The number of hydrogen-bond donors (Lipinski definition) is 1. The number of benzene rings is 1. The highest BCUT2D eigenvalue weighted by Crippen LogP contribution is 2.24. The average molecular weight is 321 g/mol. The van der Waals surface area contributed by atoms with Crippen molar-refractivity contribution in [2.75, 3.05) is 31.1 Å². The first-order valence-electron chi connectivity index (χ1n) is 7.89. The Labute approximate surface area is 141 Å². The molecule has 122 valence electrons. The molecule has 0 spiro atoms. The van der Waals surface area contributed by atoms with E-state index in [-0.39, 0.29) is 5.91 Å². The van der Waals surface area contributed by atoms with Gasteiger partial charge in [-0.1, -0.05) is 30.3 Å². The number of amides is 1. The summed E-state index contributed by atoms with van der Waals surface area (Å²) in [6.07, 6.45) is 1.69. The van der Waals surface area contributed by atoms with Crippen LogP contribution >= 0.6 is 0 Å². The molecule has 1 aromatic heterocycles. The Kier molecular flexibility index (Phi) is 4.73. The number of aromatic nitrogens is 1. The van der Waals surface area contributed by atoms with Gasteiger partial charge in [-0.3, -0.25) is 9.69 Å². The van der Waals surface area contributed by atoms with Gasteiger partial charge in [0.1, 0.15) is 17.9 Å². The van der Waals surface area contributed by atoms with E-state index >= 15 is 0 Å². The Morgan fingerprint density at radius 2 is 1.83 bits per heavy atom. The monoisotopic (exact) mass is 321 g/mol. The van der Waals surface area contributed by atoms with Gasteiger partial charge in [0.05, 0.1) is 5.56 Å². The normalized spacial score (nSPS) is 16.4. The van der Waals surface area contributed by atoms with Crippen LogP contribution in [-0.4, -0.2) is 42.0 Å². The van der Waals surface area contributed by atoms with Crippen molar-refractivity contribution in [2.24, 2.45) is 5.73 Å². The maximum Gasteiger partial charge on any atom is 0.239 e. The van der Waals surface area contributed by atoms with E-state index in [2.05, 4.69) is 20.9 Å². The van der Waals surface area contributed by atoms with Gasteiger partial charge in [0, 0.05) is 32.4 Å². The molecule has 24 heavy (non-hydrogen) atoms. The highest BCUT2D eigenvalue weighted by atomic mass is 16.1.